The predicted octanol–water partition coefficient (Wildman–Crippen LogP) is 4.35. The third-order valence-corrected chi connectivity index (χ3v) is 6.13. The number of nitrogens with zero attached hydrogens (tertiary/aromatic N) is 6. The van der Waals surface area contributed by atoms with Gasteiger partial charge in [0.2, 0.25) is 5.72 Å². The Labute approximate surface area is 183 Å². The number of hydrogen-bond acceptors (Lipinski definition) is 9. The number of nitro benzene ring substituents is 2. The summed E-state index contributed by atoms with van der Waals surface area (Å²) in [7, 11) is 0. The number of nitro groups is 2. The molecule has 11 nitrogen and oxygen atoms in total. The molecule has 2 unspecified atom stereocenters. The van der Waals surface area contributed by atoms with Crippen molar-refractivity contribution in [2.24, 2.45) is 5.10 Å². The van der Waals surface area contributed by atoms with E-state index in [9.17, 15) is 20.2 Å². The van der Waals surface area contributed by atoms with Crippen molar-refractivity contribution in [1.29, 1.82) is 0 Å². The van der Waals surface area contributed by atoms with Crippen LogP contribution in [0.5, 0.6) is 0 Å². The Balaban J connectivity index is 1.59. The third kappa shape index (κ3) is 3.09. The van der Waals surface area contributed by atoms with Crippen LogP contribution in [-0.2, 0) is 4.74 Å². The summed E-state index contributed by atoms with van der Waals surface area (Å²) >= 11 is 0. The molecule has 1 saturated carbocycles. The lowest BCUT2D eigenvalue weighted by molar-refractivity contribution is -0.385. The lowest BCUT2D eigenvalue weighted by Crippen LogP contribution is -2.56. The quantitative estimate of drug-likeness (QED) is 0.511. The monoisotopic (exact) mass is 438 g/mol. The zero-order valence-electron chi connectivity index (χ0n) is 17.5. The molecule has 1 aliphatic carbocycles. The molecule has 1 spiro atoms. The normalized spacial score (nSPS) is 25.2. The molecule has 2 heterocycles. The average Bonchev–Trinajstić information content (AvgIpc) is 3.15. The van der Waals surface area contributed by atoms with Gasteiger partial charge in [-0.15, -0.1) is 0 Å². The van der Waals surface area contributed by atoms with Crippen LogP contribution < -0.4 is 10.1 Å². The smallest absolute Gasteiger partial charge is 0.269 e. The fraction of sp³-hybridized carbons (Fsp3) is 0.381. The lowest BCUT2D eigenvalue weighted by Gasteiger charge is -2.38. The highest BCUT2D eigenvalue weighted by atomic mass is 16.6. The molecule has 3 aliphatic rings. The number of rotatable bonds is 4. The van der Waals surface area contributed by atoms with Crippen molar-refractivity contribution in [3.63, 3.8) is 0 Å². The van der Waals surface area contributed by atoms with Gasteiger partial charge in [-0.2, -0.15) is 10.2 Å². The van der Waals surface area contributed by atoms with Gasteiger partial charge < -0.3 is 4.74 Å². The first kappa shape index (κ1) is 20.3. The minimum atomic E-state index is -0.751. The van der Waals surface area contributed by atoms with Crippen LogP contribution in [0.4, 0.5) is 22.7 Å². The molecule has 0 amide bonds. The Morgan fingerprint density at radius 2 is 1.53 bits per heavy atom. The van der Waals surface area contributed by atoms with Crippen LogP contribution in [0.25, 0.3) is 0 Å². The zero-order valence-corrected chi connectivity index (χ0v) is 17.5. The van der Waals surface area contributed by atoms with Crippen molar-refractivity contribution in [2.75, 3.05) is 10.1 Å². The molecule has 0 bridgehead atoms. The molecule has 2 fully saturated rings. The maximum absolute atomic E-state index is 11.1. The van der Waals surface area contributed by atoms with E-state index in [1.54, 1.807) is 29.4 Å². The van der Waals surface area contributed by atoms with Crippen LogP contribution in [0.2, 0.25) is 0 Å². The Kier molecular flexibility index (Phi) is 4.79. The number of hydrogen-bond donors (Lipinski definition) is 0. The summed E-state index contributed by atoms with van der Waals surface area (Å²) in [6.45, 7) is 1.94. The van der Waals surface area contributed by atoms with Gasteiger partial charge in [0.25, 0.3) is 11.4 Å². The van der Waals surface area contributed by atoms with E-state index >= 15 is 0 Å². The maximum Gasteiger partial charge on any atom is 0.269 e. The molecule has 2 aliphatic heterocycles. The number of benzene rings is 2. The molecule has 166 valence electrons. The molecule has 0 N–H and O–H groups in total. The molecule has 1 saturated heterocycles. The molecule has 2 aromatic carbocycles. The van der Waals surface area contributed by atoms with E-state index in [4.69, 9.17) is 9.84 Å². The summed E-state index contributed by atoms with van der Waals surface area (Å²) in [5.74, 6) is 0. The second-order valence-corrected chi connectivity index (χ2v) is 8.08. The van der Waals surface area contributed by atoms with E-state index < -0.39 is 15.6 Å². The van der Waals surface area contributed by atoms with Crippen LogP contribution in [0.1, 0.15) is 39.0 Å². The SMILES string of the molecule is CC1OC23CCCCCC2=NN(c2ccc([N+](=O)[O-])cc2)N3N1c1ccc([N+](=O)[O-])cc1. The first-order chi connectivity index (χ1) is 15.4. The first-order valence-electron chi connectivity index (χ1n) is 10.5. The van der Waals surface area contributed by atoms with E-state index in [1.807, 2.05) is 17.1 Å². The highest BCUT2D eigenvalue weighted by molar-refractivity contribution is 5.96. The molecular formula is C21H22N6O5. The van der Waals surface area contributed by atoms with Gasteiger partial charge in [-0.1, -0.05) is 11.5 Å². The minimum absolute atomic E-state index is 0.00259. The van der Waals surface area contributed by atoms with Gasteiger partial charge >= 0.3 is 0 Å². The number of hydrazine groups is 2. The fourth-order valence-corrected chi connectivity index (χ4v) is 4.67. The molecule has 11 heteroatoms. The molecule has 0 aromatic heterocycles. The summed E-state index contributed by atoms with van der Waals surface area (Å²) in [6, 6.07) is 12.6. The Bertz CT molecular complexity index is 1090. The summed E-state index contributed by atoms with van der Waals surface area (Å²) in [4.78, 5) is 21.3. The highest BCUT2D eigenvalue weighted by Crippen LogP contribution is 2.48. The molecule has 2 atom stereocenters. The largest absolute Gasteiger partial charge is 0.327 e. The van der Waals surface area contributed by atoms with Gasteiger partial charge in [0.15, 0.2) is 0 Å². The van der Waals surface area contributed by atoms with Gasteiger partial charge in [0.1, 0.15) is 6.23 Å². The van der Waals surface area contributed by atoms with Gasteiger partial charge in [-0.05, 0) is 56.9 Å². The predicted molar refractivity (Wildman–Crippen MR) is 117 cm³/mol. The topological polar surface area (TPSA) is 118 Å². The standard InChI is InChI=1S/C21H22N6O5/c1-15-23(16-6-10-18(11-7-16)25(28)29)27-21(32-15)14-4-2-3-5-20(21)22-24(27)17-8-12-19(13-9-17)26(30)31/h6-13,15H,2-5,14H2,1H3. The van der Waals surface area contributed by atoms with Gasteiger partial charge in [-0.25, -0.2) is 0 Å². The average molecular weight is 438 g/mol. The van der Waals surface area contributed by atoms with Gasteiger partial charge in [0.05, 0.1) is 26.9 Å². The van der Waals surface area contributed by atoms with E-state index in [1.165, 1.54) is 24.3 Å². The summed E-state index contributed by atoms with van der Waals surface area (Å²) < 4.78 is 6.55. The maximum atomic E-state index is 11.1. The van der Waals surface area contributed by atoms with E-state index in [0.29, 0.717) is 5.69 Å². The lowest BCUT2D eigenvalue weighted by atomic mass is 10.0. The minimum Gasteiger partial charge on any atom is -0.327 e. The van der Waals surface area contributed by atoms with E-state index in [0.717, 1.165) is 43.5 Å². The van der Waals surface area contributed by atoms with Crippen LogP contribution in [-0.4, -0.2) is 32.6 Å². The Morgan fingerprint density at radius 1 is 0.938 bits per heavy atom. The second-order valence-electron chi connectivity index (χ2n) is 8.08. The van der Waals surface area contributed by atoms with Crippen molar-refractivity contribution in [1.82, 2.24) is 5.12 Å². The number of anilines is 2. The van der Waals surface area contributed by atoms with Crippen molar-refractivity contribution in [2.45, 2.75) is 51.0 Å². The third-order valence-electron chi connectivity index (χ3n) is 6.13. The van der Waals surface area contributed by atoms with Crippen molar-refractivity contribution >= 4 is 28.5 Å². The van der Waals surface area contributed by atoms with Crippen LogP contribution >= 0.6 is 0 Å². The number of ether oxygens (including phenoxy) is 1. The van der Waals surface area contributed by atoms with Crippen LogP contribution in [0.3, 0.4) is 0 Å². The number of hydrazone groups is 1. The van der Waals surface area contributed by atoms with Gasteiger partial charge in [-0.3, -0.25) is 25.2 Å². The second kappa shape index (κ2) is 7.53. The molecule has 2 aromatic rings. The van der Waals surface area contributed by atoms with Crippen molar-refractivity contribution in [3.05, 3.63) is 68.8 Å². The zero-order chi connectivity index (χ0) is 22.5. The Hall–Kier alpha value is -3.57. The number of non-ortho nitro benzene ring substituents is 2. The van der Waals surface area contributed by atoms with Crippen molar-refractivity contribution in [3.8, 4) is 0 Å². The van der Waals surface area contributed by atoms with E-state index in [2.05, 4.69) is 0 Å². The fourth-order valence-electron chi connectivity index (χ4n) is 4.67. The first-order valence-corrected chi connectivity index (χ1v) is 10.5. The summed E-state index contributed by atoms with van der Waals surface area (Å²) in [5.41, 5.74) is 1.58. The van der Waals surface area contributed by atoms with Crippen LogP contribution in [0, 0.1) is 20.2 Å². The van der Waals surface area contributed by atoms with E-state index in [-0.39, 0.29) is 17.6 Å². The molecular weight excluding hydrogens is 416 g/mol. The molecule has 5 rings (SSSR count). The van der Waals surface area contributed by atoms with Crippen molar-refractivity contribution < 1.29 is 14.6 Å². The van der Waals surface area contributed by atoms with Crippen LogP contribution in [0.15, 0.2) is 53.6 Å². The van der Waals surface area contributed by atoms with Gasteiger partial charge in [0, 0.05) is 24.3 Å². The highest BCUT2D eigenvalue weighted by Gasteiger charge is 2.60. The molecule has 32 heavy (non-hydrogen) atoms. The summed E-state index contributed by atoms with van der Waals surface area (Å²) in [5, 5.41) is 32.7. The summed E-state index contributed by atoms with van der Waals surface area (Å²) in [6.07, 6.45) is 4.27. The Morgan fingerprint density at radius 3 is 2.12 bits per heavy atom. The molecule has 0 radical (unpaired) electrons.